The van der Waals surface area contributed by atoms with Crippen LogP contribution in [0.25, 0.3) is 6.08 Å². The van der Waals surface area contributed by atoms with E-state index < -0.39 is 5.97 Å². The number of methoxy groups -OCH3 is 1. The van der Waals surface area contributed by atoms with E-state index in [1.54, 1.807) is 55.8 Å². The Kier molecular flexibility index (Phi) is 8.32. The molecule has 1 heterocycles. The first-order valence-electron chi connectivity index (χ1n) is 10.7. The van der Waals surface area contributed by atoms with Gasteiger partial charge in [-0.25, -0.2) is 14.8 Å². The fraction of sp³-hybridized carbons (Fsp3) is 0.231. The number of nitrogens with zero attached hydrogens (tertiary/aromatic N) is 2. The molecule has 1 N–H and O–H groups in total. The second-order valence-corrected chi connectivity index (χ2v) is 8.46. The molecule has 0 atom stereocenters. The maximum Gasteiger partial charge on any atom is 0.357 e. The minimum Gasteiger partial charge on any atom is -0.507 e. The molecule has 0 fully saturated rings. The number of esters is 1. The predicted molar refractivity (Wildman–Crippen MR) is 134 cm³/mol. The summed E-state index contributed by atoms with van der Waals surface area (Å²) in [5.74, 6) is 0.192. The van der Waals surface area contributed by atoms with Crippen molar-refractivity contribution in [2.24, 2.45) is 4.99 Å². The Labute approximate surface area is 202 Å². The molecule has 0 radical (unpaired) electrons. The monoisotopic (exact) mass is 478 g/mol. The highest BCUT2D eigenvalue weighted by molar-refractivity contribution is 7.13. The Bertz CT molecular complexity index is 1230. The zero-order valence-electron chi connectivity index (χ0n) is 19.4. The quantitative estimate of drug-likeness (QED) is 0.181. The second-order valence-electron chi connectivity index (χ2n) is 7.62. The van der Waals surface area contributed by atoms with Crippen molar-refractivity contribution in [1.29, 1.82) is 0 Å². The molecule has 3 aromatic rings. The van der Waals surface area contributed by atoms with E-state index in [-0.39, 0.29) is 29.8 Å². The van der Waals surface area contributed by atoms with Crippen molar-refractivity contribution in [2.45, 2.75) is 26.7 Å². The van der Waals surface area contributed by atoms with E-state index in [2.05, 4.69) is 9.98 Å². The highest BCUT2D eigenvalue weighted by Gasteiger charge is 2.13. The first kappa shape index (κ1) is 24.9. The summed E-state index contributed by atoms with van der Waals surface area (Å²) in [5, 5.41) is 12.7. The van der Waals surface area contributed by atoms with Crippen LogP contribution in [-0.4, -0.2) is 41.8 Å². The van der Waals surface area contributed by atoms with Gasteiger partial charge in [-0.2, -0.15) is 0 Å². The largest absolute Gasteiger partial charge is 0.507 e. The number of carbonyl (C=O) groups is 2. The van der Waals surface area contributed by atoms with E-state index in [9.17, 15) is 14.7 Å². The van der Waals surface area contributed by atoms with Gasteiger partial charge in [0.2, 0.25) is 5.13 Å². The zero-order valence-corrected chi connectivity index (χ0v) is 20.3. The maximum absolute atomic E-state index is 12.6. The zero-order chi connectivity index (χ0) is 24.7. The Morgan fingerprint density at radius 1 is 1.21 bits per heavy atom. The van der Waals surface area contributed by atoms with Crippen LogP contribution in [0.4, 0.5) is 5.13 Å². The molecule has 0 unspecified atom stereocenters. The Hall–Kier alpha value is -3.78. The number of benzene rings is 2. The Balaban J connectivity index is 1.86. The molecule has 1 aromatic heterocycles. The average Bonchev–Trinajstić information content (AvgIpc) is 3.31. The summed E-state index contributed by atoms with van der Waals surface area (Å²) < 4.78 is 10.1. The van der Waals surface area contributed by atoms with Gasteiger partial charge in [-0.15, -0.1) is 11.3 Å². The molecule has 0 spiro atoms. The molecule has 0 aliphatic carbocycles. The Morgan fingerprint density at radius 3 is 2.59 bits per heavy atom. The number of aliphatic imine (C=N–C) groups is 1. The van der Waals surface area contributed by atoms with Crippen molar-refractivity contribution in [3.63, 3.8) is 0 Å². The lowest BCUT2D eigenvalue weighted by Crippen LogP contribution is -2.04. The lowest BCUT2D eigenvalue weighted by atomic mass is 9.96. The number of hydrogen-bond acceptors (Lipinski definition) is 8. The second kappa shape index (κ2) is 11.4. The number of thiazole rings is 1. The van der Waals surface area contributed by atoms with Gasteiger partial charge in [-0.1, -0.05) is 19.9 Å². The number of aromatic hydroxyl groups is 1. The number of ether oxygens (including phenoxy) is 2. The molecular weight excluding hydrogens is 452 g/mol. The topological polar surface area (TPSA) is 98.1 Å². The summed E-state index contributed by atoms with van der Waals surface area (Å²) in [6.07, 6.45) is 4.70. The number of rotatable bonds is 9. The molecule has 0 bridgehead atoms. The number of hydrogen-bond donors (Lipinski definition) is 1. The number of allylic oxidation sites excluding steroid dienone is 1. The summed E-state index contributed by atoms with van der Waals surface area (Å²) in [6, 6.07) is 10.5. The summed E-state index contributed by atoms with van der Waals surface area (Å²) in [4.78, 5) is 32.8. The van der Waals surface area contributed by atoms with Gasteiger partial charge in [0.25, 0.3) is 0 Å². The molecule has 2 aromatic carbocycles. The molecule has 0 aliphatic heterocycles. The highest BCUT2D eigenvalue weighted by Crippen LogP contribution is 2.31. The van der Waals surface area contributed by atoms with Crippen LogP contribution in [-0.2, 0) is 4.74 Å². The smallest absolute Gasteiger partial charge is 0.357 e. The van der Waals surface area contributed by atoms with E-state index in [4.69, 9.17) is 9.47 Å². The number of ketones is 1. The maximum atomic E-state index is 12.6. The molecule has 0 saturated heterocycles. The standard InChI is InChI=1S/C26H26N2O5S/c1-5-33-25(31)22-15-34-26(28-22)27-14-19-12-17(13-21(16(2)3)24(19)30)6-11-23(29)18-7-9-20(32-4)10-8-18/h6-16,30H,5H2,1-4H3/b11-6+,27-14+. The van der Waals surface area contributed by atoms with Crippen LogP contribution in [0.15, 0.2) is 52.8 Å². The molecule has 176 valence electrons. The number of carbonyl (C=O) groups excluding carboxylic acids is 2. The summed E-state index contributed by atoms with van der Waals surface area (Å²) in [6.45, 7) is 5.93. The predicted octanol–water partition coefficient (Wildman–Crippen LogP) is 5.80. The minimum atomic E-state index is -0.501. The number of phenols is 1. The van der Waals surface area contributed by atoms with Gasteiger partial charge in [-0.3, -0.25) is 4.79 Å². The van der Waals surface area contributed by atoms with Crippen LogP contribution in [0.2, 0.25) is 0 Å². The normalized spacial score (nSPS) is 11.4. The van der Waals surface area contributed by atoms with Crippen LogP contribution in [0.3, 0.4) is 0 Å². The molecular formula is C26H26N2O5S. The van der Waals surface area contributed by atoms with Crippen LogP contribution in [0, 0.1) is 0 Å². The van der Waals surface area contributed by atoms with Crippen molar-refractivity contribution in [3.05, 3.63) is 75.8 Å². The van der Waals surface area contributed by atoms with Gasteiger partial charge < -0.3 is 14.6 Å². The van der Waals surface area contributed by atoms with Gasteiger partial charge in [0.1, 0.15) is 11.5 Å². The summed E-state index contributed by atoms with van der Waals surface area (Å²) in [5.41, 5.74) is 2.70. The van der Waals surface area contributed by atoms with Gasteiger partial charge in [-0.05, 0) is 66.4 Å². The summed E-state index contributed by atoms with van der Waals surface area (Å²) >= 11 is 1.20. The van der Waals surface area contributed by atoms with E-state index in [0.29, 0.717) is 22.0 Å². The molecule has 3 rings (SSSR count). The van der Waals surface area contributed by atoms with Crippen molar-refractivity contribution >= 4 is 40.5 Å². The number of aromatic nitrogens is 1. The molecule has 0 saturated carbocycles. The van der Waals surface area contributed by atoms with Crippen molar-refractivity contribution < 1.29 is 24.2 Å². The minimum absolute atomic E-state index is 0.0491. The lowest BCUT2D eigenvalue weighted by molar-refractivity contribution is 0.0520. The average molecular weight is 479 g/mol. The SMILES string of the molecule is CCOC(=O)c1csc(/N=C/c2cc(/C=C/C(=O)c3ccc(OC)cc3)cc(C(C)C)c2O)n1. The molecule has 7 nitrogen and oxygen atoms in total. The van der Waals surface area contributed by atoms with Crippen LogP contribution in [0.5, 0.6) is 11.5 Å². The lowest BCUT2D eigenvalue weighted by Gasteiger charge is -2.12. The van der Waals surface area contributed by atoms with Gasteiger partial charge in [0.15, 0.2) is 11.5 Å². The van der Waals surface area contributed by atoms with Crippen molar-refractivity contribution in [3.8, 4) is 11.5 Å². The first-order valence-corrected chi connectivity index (χ1v) is 11.6. The van der Waals surface area contributed by atoms with Crippen molar-refractivity contribution in [2.75, 3.05) is 13.7 Å². The fourth-order valence-electron chi connectivity index (χ4n) is 3.11. The third-order valence-electron chi connectivity index (χ3n) is 4.91. The first-order chi connectivity index (χ1) is 16.3. The van der Waals surface area contributed by atoms with E-state index in [1.165, 1.54) is 23.6 Å². The third kappa shape index (κ3) is 6.17. The fourth-order valence-corrected chi connectivity index (χ4v) is 3.74. The molecule has 0 aliphatic rings. The summed E-state index contributed by atoms with van der Waals surface area (Å²) in [7, 11) is 1.57. The van der Waals surface area contributed by atoms with E-state index in [1.807, 2.05) is 19.9 Å². The van der Waals surface area contributed by atoms with Gasteiger partial charge in [0, 0.05) is 22.7 Å². The highest BCUT2D eigenvalue weighted by atomic mass is 32.1. The van der Waals surface area contributed by atoms with Gasteiger partial charge in [0.05, 0.1) is 13.7 Å². The van der Waals surface area contributed by atoms with Crippen molar-refractivity contribution in [1.82, 2.24) is 4.98 Å². The third-order valence-corrected chi connectivity index (χ3v) is 5.65. The Morgan fingerprint density at radius 2 is 1.94 bits per heavy atom. The molecule has 34 heavy (non-hydrogen) atoms. The molecule has 0 amide bonds. The van der Waals surface area contributed by atoms with E-state index in [0.717, 1.165) is 11.1 Å². The van der Waals surface area contributed by atoms with Crippen LogP contribution < -0.4 is 4.74 Å². The van der Waals surface area contributed by atoms with Crippen LogP contribution >= 0.6 is 11.3 Å². The van der Waals surface area contributed by atoms with Crippen LogP contribution in [0.1, 0.15) is 64.2 Å². The molecule has 8 heteroatoms. The number of phenolic OH excluding ortho intramolecular Hbond substituents is 1. The van der Waals surface area contributed by atoms with E-state index >= 15 is 0 Å². The van der Waals surface area contributed by atoms with Gasteiger partial charge >= 0.3 is 5.97 Å².